The average Bonchev–Trinajstić information content (AvgIpc) is 2.52. The Morgan fingerprint density at radius 1 is 1.13 bits per heavy atom. The van der Waals surface area contributed by atoms with E-state index in [9.17, 15) is 13.2 Å². The topological polar surface area (TPSA) is 93.7 Å². The van der Waals surface area contributed by atoms with Gasteiger partial charge in [0, 0.05) is 25.6 Å². The molecule has 0 bridgehead atoms. The SMILES string of the molecule is CNCCNC(=O)CCS(=O)(=O)c1ccc(OC)c(OC)c1.Cl. The van der Waals surface area contributed by atoms with Crippen LogP contribution in [0.5, 0.6) is 11.5 Å². The number of rotatable bonds is 9. The van der Waals surface area contributed by atoms with Crippen molar-refractivity contribution in [2.75, 3.05) is 40.1 Å². The minimum atomic E-state index is -3.56. The van der Waals surface area contributed by atoms with Gasteiger partial charge < -0.3 is 20.1 Å². The van der Waals surface area contributed by atoms with Crippen molar-refractivity contribution in [3.8, 4) is 11.5 Å². The van der Waals surface area contributed by atoms with Gasteiger partial charge in [0.2, 0.25) is 5.91 Å². The molecule has 0 unspecified atom stereocenters. The lowest BCUT2D eigenvalue weighted by molar-refractivity contribution is -0.120. The summed E-state index contributed by atoms with van der Waals surface area (Å²) < 4.78 is 34.6. The molecular formula is C14H23ClN2O5S. The first kappa shape index (κ1) is 21.5. The van der Waals surface area contributed by atoms with Crippen molar-refractivity contribution >= 4 is 28.2 Å². The van der Waals surface area contributed by atoms with Gasteiger partial charge in [-0.05, 0) is 19.2 Å². The van der Waals surface area contributed by atoms with Gasteiger partial charge in [-0.3, -0.25) is 4.79 Å². The lowest BCUT2D eigenvalue weighted by Crippen LogP contribution is -2.31. The Balaban J connectivity index is 0.00000484. The summed E-state index contributed by atoms with van der Waals surface area (Å²) in [5, 5.41) is 5.52. The van der Waals surface area contributed by atoms with Crippen molar-refractivity contribution in [1.82, 2.24) is 10.6 Å². The van der Waals surface area contributed by atoms with Gasteiger partial charge in [-0.2, -0.15) is 0 Å². The first-order chi connectivity index (χ1) is 10.4. The molecule has 0 fully saturated rings. The fourth-order valence-corrected chi connectivity index (χ4v) is 3.02. The third-order valence-electron chi connectivity index (χ3n) is 3.01. The maximum atomic E-state index is 12.2. The monoisotopic (exact) mass is 366 g/mol. The molecule has 0 aliphatic heterocycles. The van der Waals surface area contributed by atoms with Crippen LogP contribution in [0.4, 0.5) is 0 Å². The molecular weight excluding hydrogens is 344 g/mol. The number of methoxy groups -OCH3 is 2. The number of amides is 1. The van der Waals surface area contributed by atoms with Crippen LogP contribution in [0.3, 0.4) is 0 Å². The molecule has 9 heteroatoms. The van der Waals surface area contributed by atoms with Gasteiger partial charge in [0.05, 0.1) is 24.9 Å². The predicted octanol–water partition coefficient (Wildman–Crippen LogP) is 0.625. The van der Waals surface area contributed by atoms with Gasteiger partial charge in [0.25, 0.3) is 0 Å². The average molecular weight is 367 g/mol. The van der Waals surface area contributed by atoms with Gasteiger partial charge in [-0.25, -0.2) is 8.42 Å². The summed E-state index contributed by atoms with van der Waals surface area (Å²) in [6.07, 6.45) is -0.0829. The van der Waals surface area contributed by atoms with Crippen LogP contribution in [-0.2, 0) is 14.6 Å². The number of nitrogens with one attached hydrogen (secondary N) is 2. The molecule has 1 amide bonds. The van der Waals surface area contributed by atoms with Gasteiger partial charge in [-0.15, -0.1) is 12.4 Å². The molecule has 0 saturated heterocycles. The zero-order valence-electron chi connectivity index (χ0n) is 13.4. The summed E-state index contributed by atoms with van der Waals surface area (Å²) in [7, 11) is 1.12. The number of halogens is 1. The molecule has 1 rings (SSSR count). The fraction of sp³-hybridized carbons (Fsp3) is 0.500. The highest BCUT2D eigenvalue weighted by atomic mass is 35.5. The fourth-order valence-electron chi connectivity index (χ4n) is 1.77. The Labute approximate surface area is 143 Å². The van der Waals surface area contributed by atoms with E-state index in [0.29, 0.717) is 24.6 Å². The van der Waals surface area contributed by atoms with E-state index in [1.807, 2.05) is 0 Å². The minimum absolute atomic E-state index is 0. The van der Waals surface area contributed by atoms with Crippen LogP contribution in [0.15, 0.2) is 23.1 Å². The quantitative estimate of drug-likeness (QED) is 0.622. The van der Waals surface area contributed by atoms with Crippen LogP contribution >= 0.6 is 12.4 Å². The molecule has 0 aliphatic rings. The number of hydrogen-bond donors (Lipinski definition) is 2. The van der Waals surface area contributed by atoms with Crippen LogP contribution in [0.1, 0.15) is 6.42 Å². The molecule has 1 aromatic rings. The van der Waals surface area contributed by atoms with E-state index in [2.05, 4.69) is 10.6 Å². The van der Waals surface area contributed by atoms with Crippen LogP contribution in [0.25, 0.3) is 0 Å². The number of carbonyl (C=O) groups is 1. The number of hydrogen-bond acceptors (Lipinski definition) is 6. The smallest absolute Gasteiger partial charge is 0.221 e. The van der Waals surface area contributed by atoms with Crippen LogP contribution in [-0.4, -0.2) is 54.4 Å². The molecule has 0 radical (unpaired) electrons. The summed E-state index contributed by atoms with van der Waals surface area (Å²) in [6.45, 7) is 1.10. The maximum Gasteiger partial charge on any atom is 0.221 e. The Kier molecular flexibility index (Phi) is 9.62. The van der Waals surface area contributed by atoms with Gasteiger partial charge in [-0.1, -0.05) is 0 Å². The summed E-state index contributed by atoms with van der Waals surface area (Å²) in [6, 6.07) is 4.36. The Morgan fingerprint density at radius 2 is 1.78 bits per heavy atom. The van der Waals surface area contributed by atoms with Crippen LogP contribution in [0, 0.1) is 0 Å². The number of likely N-dealkylation sites (N-methyl/N-ethyl adjacent to an activating group) is 1. The molecule has 2 N–H and O–H groups in total. The molecule has 7 nitrogen and oxygen atoms in total. The molecule has 0 heterocycles. The van der Waals surface area contributed by atoms with E-state index in [4.69, 9.17) is 9.47 Å². The van der Waals surface area contributed by atoms with E-state index in [1.54, 1.807) is 7.05 Å². The number of sulfone groups is 1. The van der Waals surface area contributed by atoms with Gasteiger partial charge in [0.1, 0.15) is 0 Å². The standard InChI is InChI=1S/C14H22N2O5S.ClH/c1-15-7-8-16-14(17)6-9-22(18,19)11-4-5-12(20-2)13(10-11)21-3;/h4-5,10,15H,6-9H2,1-3H3,(H,16,17);1H. The number of carbonyl (C=O) groups excluding carboxylic acids is 1. The zero-order valence-corrected chi connectivity index (χ0v) is 15.1. The molecule has 0 aliphatic carbocycles. The van der Waals surface area contributed by atoms with Crippen molar-refractivity contribution in [1.29, 1.82) is 0 Å². The van der Waals surface area contributed by atoms with Gasteiger partial charge in [0.15, 0.2) is 21.3 Å². The highest BCUT2D eigenvalue weighted by molar-refractivity contribution is 7.91. The second-order valence-electron chi connectivity index (χ2n) is 4.54. The molecule has 1 aromatic carbocycles. The second-order valence-corrected chi connectivity index (χ2v) is 6.65. The first-order valence-electron chi connectivity index (χ1n) is 6.80. The van der Waals surface area contributed by atoms with Crippen LogP contribution in [0.2, 0.25) is 0 Å². The first-order valence-corrected chi connectivity index (χ1v) is 8.46. The molecule has 0 atom stereocenters. The van der Waals surface area contributed by atoms with E-state index in [0.717, 1.165) is 0 Å². The van der Waals surface area contributed by atoms with Crippen molar-refractivity contribution in [2.45, 2.75) is 11.3 Å². The third-order valence-corrected chi connectivity index (χ3v) is 4.72. The second kappa shape index (κ2) is 10.3. The predicted molar refractivity (Wildman–Crippen MR) is 90.4 cm³/mol. The third kappa shape index (κ3) is 6.64. The molecule has 0 aromatic heterocycles. The summed E-state index contributed by atoms with van der Waals surface area (Å²) in [4.78, 5) is 11.7. The maximum absolute atomic E-state index is 12.2. The van der Waals surface area contributed by atoms with E-state index >= 15 is 0 Å². The Hall–Kier alpha value is -1.51. The largest absolute Gasteiger partial charge is 0.493 e. The van der Waals surface area contributed by atoms with Crippen LogP contribution < -0.4 is 20.1 Å². The normalized spacial score (nSPS) is 10.6. The van der Waals surface area contributed by atoms with Crippen molar-refractivity contribution < 1.29 is 22.7 Å². The van der Waals surface area contributed by atoms with Crippen molar-refractivity contribution in [3.05, 3.63) is 18.2 Å². The highest BCUT2D eigenvalue weighted by Crippen LogP contribution is 2.29. The van der Waals surface area contributed by atoms with E-state index < -0.39 is 9.84 Å². The van der Waals surface area contributed by atoms with E-state index in [-0.39, 0.29) is 35.4 Å². The Morgan fingerprint density at radius 3 is 2.35 bits per heavy atom. The molecule has 0 saturated carbocycles. The Bertz CT molecular complexity index is 607. The molecule has 23 heavy (non-hydrogen) atoms. The number of ether oxygens (including phenoxy) is 2. The summed E-state index contributed by atoms with van der Waals surface area (Å²) in [5.41, 5.74) is 0. The summed E-state index contributed by atoms with van der Waals surface area (Å²) in [5.74, 6) is 0.237. The van der Waals surface area contributed by atoms with Crippen molar-refractivity contribution in [2.24, 2.45) is 0 Å². The van der Waals surface area contributed by atoms with Gasteiger partial charge >= 0.3 is 0 Å². The van der Waals surface area contributed by atoms with Crippen molar-refractivity contribution in [3.63, 3.8) is 0 Å². The highest BCUT2D eigenvalue weighted by Gasteiger charge is 2.18. The molecule has 132 valence electrons. The lowest BCUT2D eigenvalue weighted by atomic mass is 10.3. The number of benzene rings is 1. The lowest BCUT2D eigenvalue weighted by Gasteiger charge is -2.10. The zero-order chi connectivity index (χ0) is 16.6. The van der Waals surface area contributed by atoms with E-state index in [1.165, 1.54) is 32.4 Å². The molecule has 0 spiro atoms. The summed E-state index contributed by atoms with van der Waals surface area (Å²) >= 11 is 0. The minimum Gasteiger partial charge on any atom is -0.493 e.